The van der Waals surface area contributed by atoms with Crippen LogP contribution in [0.3, 0.4) is 0 Å². The predicted molar refractivity (Wildman–Crippen MR) is 136 cm³/mol. The summed E-state index contributed by atoms with van der Waals surface area (Å²) >= 11 is 0. The second kappa shape index (κ2) is 9.21. The molecule has 4 rings (SSSR count). The van der Waals surface area contributed by atoms with E-state index in [1.54, 1.807) is 7.11 Å². The van der Waals surface area contributed by atoms with Gasteiger partial charge in [0.1, 0.15) is 22.8 Å². The molecule has 3 aromatic carbocycles. The molecule has 0 radical (unpaired) electrons. The lowest BCUT2D eigenvalue weighted by Gasteiger charge is -2.38. The van der Waals surface area contributed by atoms with Gasteiger partial charge in [-0.1, -0.05) is 24.3 Å². The number of hydrogen-bond donors (Lipinski definition) is 2. The van der Waals surface area contributed by atoms with Crippen molar-refractivity contribution in [2.45, 2.75) is 65.4 Å². The Morgan fingerprint density at radius 2 is 1.82 bits per heavy atom. The van der Waals surface area contributed by atoms with Crippen molar-refractivity contribution in [3.63, 3.8) is 0 Å². The van der Waals surface area contributed by atoms with Gasteiger partial charge in [-0.25, -0.2) is 0 Å². The summed E-state index contributed by atoms with van der Waals surface area (Å²) in [5.41, 5.74) is 4.52. The maximum atomic E-state index is 12.9. The summed E-state index contributed by atoms with van der Waals surface area (Å²) in [5.74, 6) is 1.86. The molecule has 5 heteroatoms. The topological polar surface area (TPSA) is 67.8 Å². The second-order valence-electron chi connectivity index (χ2n) is 9.82. The van der Waals surface area contributed by atoms with E-state index in [0.29, 0.717) is 12.3 Å². The Balaban J connectivity index is 1.40. The number of carbonyl (C=O) groups is 1. The second-order valence-corrected chi connectivity index (χ2v) is 9.82. The molecular formula is C29H35NO4. The molecule has 0 spiro atoms. The van der Waals surface area contributed by atoms with Crippen LogP contribution in [0.15, 0.2) is 36.4 Å². The average Bonchev–Trinajstić information content (AvgIpc) is 2.84. The third-order valence-electron chi connectivity index (χ3n) is 7.51. The fourth-order valence-electron chi connectivity index (χ4n) is 4.86. The quantitative estimate of drug-likeness (QED) is 0.482. The van der Waals surface area contributed by atoms with Crippen molar-refractivity contribution in [2.24, 2.45) is 0 Å². The Bertz CT molecular complexity index is 1250. The van der Waals surface area contributed by atoms with Gasteiger partial charge in [0.2, 0.25) is 5.91 Å². The number of methoxy groups -OCH3 is 1. The SMILES string of the molecule is COc1ccc2cc(C(C)C(=O)NCCC3(C)CCc4c(C)c(O)c(C)c(C)c4O3)ccc2c1. The number of ether oxygens (including phenoxy) is 2. The summed E-state index contributed by atoms with van der Waals surface area (Å²) in [6.07, 6.45) is 2.43. The minimum absolute atomic E-state index is 0.0143. The van der Waals surface area contributed by atoms with Crippen LogP contribution < -0.4 is 14.8 Å². The van der Waals surface area contributed by atoms with E-state index in [-0.39, 0.29) is 17.4 Å². The summed E-state index contributed by atoms with van der Waals surface area (Å²) in [6, 6.07) is 12.1. The molecular weight excluding hydrogens is 426 g/mol. The Hall–Kier alpha value is -3.21. The third-order valence-corrected chi connectivity index (χ3v) is 7.51. The van der Waals surface area contributed by atoms with Gasteiger partial charge in [0, 0.05) is 18.5 Å². The first kappa shape index (κ1) is 23.9. The highest BCUT2D eigenvalue weighted by atomic mass is 16.5. The molecule has 0 saturated heterocycles. The van der Waals surface area contributed by atoms with E-state index in [1.165, 1.54) is 0 Å². The number of phenolic OH excluding ortho intramolecular Hbond substituents is 1. The molecule has 0 aromatic heterocycles. The highest BCUT2D eigenvalue weighted by Gasteiger charge is 2.34. The van der Waals surface area contributed by atoms with Gasteiger partial charge in [0.25, 0.3) is 0 Å². The molecule has 0 aliphatic carbocycles. The van der Waals surface area contributed by atoms with Crippen molar-refractivity contribution in [2.75, 3.05) is 13.7 Å². The lowest BCUT2D eigenvalue weighted by atomic mass is 9.85. The first-order valence-corrected chi connectivity index (χ1v) is 12.0. The number of rotatable bonds is 6. The summed E-state index contributed by atoms with van der Waals surface area (Å²) in [5, 5.41) is 15.7. The van der Waals surface area contributed by atoms with Crippen LogP contribution in [0.4, 0.5) is 0 Å². The maximum Gasteiger partial charge on any atom is 0.227 e. The molecule has 0 saturated carbocycles. The van der Waals surface area contributed by atoms with Crippen LogP contribution in [0.5, 0.6) is 17.2 Å². The number of hydrogen-bond acceptors (Lipinski definition) is 4. The average molecular weight is 462 g/mol. The molecule has 0 bridgehead atoms. The standard InChI is InChI=1S/C29H35NO4/c1-17-18(2)27-25(20(4)26(17)31)11-12-29(5,34-27)13-14-30-28(32)19(3)21-7-8-23-16-24(33-6)10-9-22(23)15-21/h7-10,15-16,19,31H,11-14H2,1-6H3,(H,30,32). The monoisotopic (exact) mass is 461 g/mol. The van der Waals surface area contributed by atoms with E-state index in [9.17, 15) is 9.90 Å². The van der Waals surface area contributed by atoms with Crippen LogP contribution in [0.1, 0.15) is 60.4 Å². The predicted octanol–water partition coefficient (Wildman–Crippen LogP) is 5.87. The molecule has 5 nitrogen and oxygen atoms in total. The molecule has 1 amide bonds. The van der Waals surface area contributed by atoms with Crippen molar-refractivity contribution in [1.29, 1.82) is 0 Å². The maximum absolute atomic E-state index is 12.9. The van der Waals surface area contributed by atoms with E-state index >= 15 is 0 Å². The fraction of sp³-hybridized carbons (Fsp3) is 0.414. The molecule has 1 heterocycles. The van der Waals surface area contributed by atoms with Crippen molar-refractivity contribution < 1.29 is 19.4 Å². The lowest BCUT2D eigenvalue weighted by molar-refractivity contribution is -0.122. The van der Waals surface area contributed by atoms with Crippen molar-refractivity contribution in [3.05, 3.63) is 64.2 Å². The minimum Gasteiger partial charge on any atom is -0.507 e. The van der Waals surface area contributed by atoms with Gasteiger partial charge in [-0.2, -0.15) is 0 Å². The van der Waals surface area contributed by atoms with Crippen molar-refractivity contribution in [1.82, 2.24) is 5.32 Å². The highest BCUT2D eigenvalue weighted by Crippen LogP contribution is 2.44. The molecule has 2 atom stereocenters. The molecule has 0 fully saturated rings. The van der Waals surface area contributed by atoms with Gasteiger partial charge >= 0.3 is 0 Å². The normalized spacial score (nSPS) is 18.2. The van der Waals surface area contributed by atoms with E-state index < -0.39 is 0 Å². The summed E-state index contributed by atoms with van der Waals surface area (Å²) in [7, 11) is 1.66. The van der Waals surface area contributed by atoms with Crippen molar-refractivity contribution >= 4 is 16.7 Å². The van der Waals surface area contributed by atoms with Crippen LogP contribution in [-0.2, 0) is 11.2 Å². The third kappa shape index (κ3) is 4.44. The number of fused-ring (bicyclic) bond motifs is 2. The number of amides is 1. The molecule has 1 aliphatic heterocycles. The first-order chi connectivity index (χ1) is 16.1. The molecule has 2 unspecified atom stereocenters. The largest absolute Gasteiger partial charge is 0.507 e. The van der Waals surface area contributed by atoms with E-state index in [4.69, 9.17) is 9.47 Å². The first-order valence-electron chi connectivity index (χ1n) is 12.0. The van der Waals surface area contributed by atoms with Gasteiger partial charge in [0.05, 0.1) is 13.0 Å². The minimum atomic E-state index is -0.355. The summed E-state index contributed by atoms with van der Waals surface area (Å²) < 4.78 is 11.8. The van der Waals surface area contributed by atoms with Crippen LogP contribution in [-0.4, -0.2) is 30.3 Å². The number of carbonyl (C=O) groups excluding carboxylic acids is 1. The molecule has 1 aliphatic rings. The molecule has 34 heavy (non-hydrogen) atoms. The Labute approximate surface area is 202 Å². The van der Waals surface area contributed by atoms with E-state index in [0.717, 1.165) is 69.4 Å². The van der Waals surface area contributed by atoms with Gasteiger partial charge in [0.15, 0.2) is 0 Å². The smallest absolute Gasteiger partial charge is 0.227 e. The highest BCUT2D eigenvalue weighted by molar-refractivity contribution is 5.88. The number of aromatic hydroxyl groups is 1. The Kier molecular flexibility index (Phi) is 6.48. The van der Waals surface area contributed by atoms with Crippen LogP contribution in [0.2, 0.25) is 0 Å². The molecule has 2 N–H and O–H groups in total. The fourth-order valence-corrected chi connectivity index (χ4v) is 4.86. The zero-order valence-corrected chi connectivity index (χ0v) is 21.0. The van der Waals surface area contributed by atoms with Crippen LogP contribution in [0, 0.1) is 20.8 Å². The van der Waals surface area contributed by atoms with E-state index in [2.05, 4.69) is 18.3 Å². The zero-order valence-electron chi connectivity index (χ0n) is 21.0. The lowest BCUT2D eigenvalue weighted by Crippen LogP contribution is -2.41. The number of phenols is 1. The van der Waals surface area contributed by atoms with Crippen molar-refractivity contribution in [3.8, 4) is 17.2 Å². The van der Waals surface area contributed by atoms with Gasteiger partial charge in [-0.3, -0.25) is 4.79 Å². The molecule has 3 aromatic rings. The van der Waals surface area contributed by atoms with Crippen LogP contribution >= 0.6 is 0 Å². The zero-order chi connectivity index (χ0) is 24.6. The Morgan fingerprint density at radius 3 is 2.56 bits per heavy atom. The molecule has 180 valence electrons. The summed E-state index contributed by atoms with van der Waals surface area (Å²) in [6.45, 7) is 10.5. The summed E-state index contributed by atoms with van der Waals surface area (Å²) in [4.78, 5) is 12.9. The van der Waals surface area contributed by atoms with Gasteiger partial charge < -0.3 is 19.9 Å². The van der Waals surface area contributed by atoms with E-state index in [1.807, 2.05) is 58.0 Å². The van der Waals surface area contributed by atoms with Gasteiger partial charge in [-0.05, 0) is 92.6 Å². The van der Waals surface area contributed by atoms with Crippen LogP contribution in [0.25, 0.3) is 10.8 Å². The van der Waals surface area contributed by atoms with Gasteiger partial charge in [-0.15, -0.1) is 0 Å². The number of nitrogens with one attached hydrogen (secondary N) is 1. The Morgan fingerprint density at radius 1 is 1.12 bits per heavy atom. The number of benzene rings is 3.